The number of benzene rings is 2. The molecule has 1 atom stereocenters. The molecule has 1 N–H and O–H groups in total. The van der Waals surface area contributed by atoms with E-state index in [1.165, 1.54) is 6.92 Å². The first-order valence-electron chi connectivity index (χ1n) is 8.27. The van der Waals surface area contributed by atoms with Crippen molar-refractivity contribution in [3.63, 3.8) is 0 Å². The Balaban J connectivity index is 1.66. The van der Waals surface area contributed by atoms with Gasteiger partial charge in [0.05, 0.1) is 11.6 Å². The van der Waals surface area contributed by atoms with E-state index in [-0.39, 0.29) is 24.0 Å². The van der Waals surface area contributed by atoms with Crippen LogP contribution in [0, 0.1) is 5.92 Å². The first-order chi connectivity index (χ1) is 12.0. The molecule has 0 saturated carbocycles. The number of hydrogen-bond donors (Lipinski definition) is 1. The maximum absolute atomic E-state index is 12.5. The highest BCUT2D eigenvalue weighted by Crippen LogP contribution is 2.23. The number of carbonyl (C=O) groups excluding carboxylic acids is 3. The van der Waals surface area contributed by atoms with E-state index >= 15 is 0 Å². The summed E-state index contributed by atoms with van der Waals surface area (Å²) in [6, 6.07) is 16.6. The van der Waals surface area contributed by atoms with Crippen molar-refractivity contribution in [2.45, 2.75) is 19.9 Å². The topological polar surface area (TPSA) is 66.5 Å². The predicted octanol–water partition coefficient (Wildman–Crippen LogP) is 2.88. The number of anilines is 1. The number of nitrogens with one attached hydrogen (secondary N) is 1. The van der Waals surface area contributed by atoms with Crippen LogP contribution in [0.1, 0.15) is 29.3 Å². The number of rotatable bonds is 5. The summed E-state index contributed by atoms with van der Waals surface area (Å²) in [4.78, 5) is 38.1. The molecule has 1 fully saturated rings. The van der Waals surface area contributed by atoms with Crippen LogP contribution in [0.3, 0.4) is 0 Å². The number of para-hydroxylation sites is 1. The van der Waals surface area contributed by atoms with Gasteiger partial charge in [-0.3, -0.25) is 14.4 Å². The third kappa shape index (κ3) is 3.94. The largest absolute Gasteiger partial charge is 0.338 e. The monoisotopic (exact) mass is 336 g/mol. The minimum absolute atomic E-state index is 0.0242. The van der Waals surface area contributed by atoms with Crippen molar-refractivity contribution in [3.05, 3.63) is 65.7 Å². The summed E-state index contributed by atoms with van der Waals surface area (Å²) in [5.74, 6) is -0.762. The highest BCUT2D eigenvalue weighted by molar-refractivity contribution is 6.05. The van der Waals surface area contributed by atoms with Gasteiger partial charge in [0.1, 0.15) is 0 Å². The van der Waals surface area contributed by atoms with Crippen molar-refractivity contribution >= 4 is 23.3 Å². The molecule has 1 unspecified atom stereocenters. The summed E-state index contributed by atoms with van der Waals surface area (Å²) in [7, 11) is 0. The average Bonchev–Trinajstić information content (AvgIpc) is 2.97. The number of ketones is 1. The lowest BCUT2D eigenvalue weighted by molar-refractivity contribution is -0.128. The Labute approximate surface area is 146 Å². The van der Waals surface area contributed by atoms with Gasteiger partial charge in [-0.1, -0.05) is 42.5 Å². The number of carbonyl (C=O) groups is 3. The van der Waals surface area contributed by atoms with Gasteiger partial charge in [-0.2, -0.15) is 0 Å². The lowest BCUT2D eigenvalue weighted by Crippen LogP contribution is -2.28. The van der Waals surface area contributed by atoms with Gasteiger partial charge in [0.2, 0.25) is 11.8 Å². The van der Waals surface area contributed by atoms with E-state index in [4.69, 9.17) is 0 Å². The summed E-state index contributed by atoms with van der Waals surface area (Å²) in [5, 5.41) is 2.80. The molecule has 3 rings (SSSR count). The summed E-state index contributed by atoms with van der Waals surface area (Å²) in [6.45, 7) is 2.36. The second-order valence-corrected chi connectivity index (χ2v) is 6.25. The van der Waals surface area contributed by atoms with E-state index < -0.39 is 5.92 Å². The fourth-order valence-electron chi connectivity index (χ4n) is 3.04. The average molecular weight is 336 g/mol. The standard InChI is InChI=1S/C20H20N2O3/c1-14(23)17-9-5-6-10-18(17)21-20(25)16-11-19(24)22(13-16)12-15-7-3-2-4-8-15/h2-10,16H,11-13H2,1H3,(H,21,25). The smallest absolute Gasteiger partial charge is 0.229 e. The lowest BCUT2D eigenvalue weighted by atomic mass is 10.1. The molecule has 0 radical (unpaired) electrons. The maximum atomic E-state index is 12.5. The van der Waals surface area contributed by atoms with Gasteiger partial charge in [0.15, 0.2) is 5.78 Å². The second kappa shape index (κ2) is 7.30. The lowest BCUT2D eigenvalue weighted by Gasteiger charge is -2.17. The molecule has 0 spiro atoms. The van der Waals surface area contributed by atoms with Gasteiger partial charge >= 0.3 is 0 Å². The van der Waals surface area contributed by atoms with Gasteiger partial charge in [-0.15, -0.1) is 0 Å². The van der Waals surface area contributed by atoms with Crippen molar-refractivity contribution in [1.82, 2.24) is 4.90 Å². The summed E-state index contributed by atoms with van der Waals surface area (Å²) < 4.78 is 0. The molecule has 1 heterocycles. The van der Waals surface area contributed by atoms with E-state index in [1.54, 1.807) is 29.2 Å². The zero-order chi connectivity index (χ0) is 17.8. The van der Waals surface area contributed by atoms with Crippen molar-refractivity contribution in [2.24, 2.45) is 5.92 Å². The van der Waals surface area contributed by atoms with Crippen LogP contribution in [0.15, 0.2) is 54.6 Å². The first-order valence-corrected chi connectivity index (χ1v) is 8.27. The Bertz CT molecular complexity index is 802. The quantitative estimate of drug-likeness (QED) is 0.854. The third-order valence-corrected chi connectivity index (χ3v) is 4.37. The Morgan fingerprint density at radius 3 is 2.48 bits per heavy atom. The normalized spacial score (nSPS) is 16.8. The molecule has 0 bridgehead atoms. The Kier molecular flexibility index (Phi) is 4.93. The van der Waals surface area contributed by atoms with E-state index in [1.807, 2.05) is 30.3 Å². The molecule has 1 saturated heterocycles. The minimum Gasteiger partial charge on any atom is -0.338 e. The second-order valence-electron chi connectivity index (χ2n) is 6.25. The molecule has 2 aromatic carbocycles. The van der Waals surface area contributed by atoms with Crippen molar-refractivity contribution in [2.75, 3.05) is 11.9 Å². The van der Waals surface area contributed by atoms with E-state index in [0.717, 1.165) is 5.56 Å². The van der Waals surface area contributed by atoms with Gasteiger partial charge in [-0.05, 0) is 24.6 Å². The predicted molar refractivity (Wildman–Crippen MR) is 95.0 cm³/mol. The van der Waals surface area contributed by atoms with E-state index in [9.17, 15) is 14.4 Å². The van der Waals surface area contributed by atoms with Crippen LogP contribution in [-0.4, -0.2) is 29.0 Å². The Morgan fingerprint density at radius 2 is 1.76 bits per heavy atom. The Hall–Kier alpha value is -2.95. The SMILES string of the molecule is CC(=O)c1ccccc1NC(=O)C1CC(=O)N(Cc2ccccc2)C1. The van der Waals surface area contributed by atoms with Crippen LogP contribution in [0.4, 0.5) is 5.69 Å². The highest BCUT2D eigenvalue weighted by Gasteiger charge is 2.34. The van der Waals surface area contributed by atoms with Crippen LogP contribution in [0.5, 0.6) is 0 Å². The molecule has 1 aliphatic heterocycles. The van der Waals surface area contributed by atoms with Crippen LogP contribution in [0.2, 0.25) is 0 Å². The molecule has 0 aliphatic carbocycles. The molecule has 1 aliphatic rings. The molecule has 5 nitrogen and oxygen atoms in total. The Morgan fingerprint density at radius 1 is 1.08 bits per heavy atom. The number of nitrogens with zero attached hydrogens (tertiary/aromatic N) is 1. The summed E-state index contributed by atoms with van der Waals surface area (Å²) in [6.07, 6.45) is 0.195. The summed E-state index contributed by atoms with van der Waals surface area (Å²) >= 11 is 0. The van der Waals surface area contributed by atoms with Crippen molar-refractivity contribution in [1.29, 1.82) is 0 Å². The number of Topliss-reactive ketones (excluding diaryl/α,β-unsaturated/α-hetero) is 1. The number of likely N-dealkylation sites (tertiary alicyclic amines) is 1. The van der Waals surface area contributed by atoms with E-state index in [0.29, 0.717) is 24.3 Å². The fraction of sp³-hybridized carbons (Fsp3) is 0.250. The zero-order valence-corrected chi connectivity index (χ0v) is 14.1. The first kappa shape index (κ1) is 16.9. The van der Waals surface area contributed by atoms with Crippen LogP contribution in [0.25, 0.3) is 0 Å². The van der Waals surface area contributed by atoms with Crippen molar-refractivity contribution in [3.8, 4) is 0 Å². The minimum atomic E-state index is -0.406. The number of hydrogen-bond acceptors (Lipinski definition) is 3. The van der Waals surface area contributed by atoms with Gasteiger partial charge in [0, 0.05) is 25.1 Å². The molecular formula is C20H20N2O3. The fourth-order valence-corrected chi connectivity index (χ4v) is 3.04. The van der Waals surface area contributed by atoms with Crippen LogP contribution < -0.4 is 5.32 Å². The van der Waals surface area contributed by atoms with Crippen LogP contribution in [-0.2, 0) is 16.1 Å². The molecule has 2 amide bonds. The molecule has 128 valence electrons. The molecule has 2 aromatic rings. The van der Waals surface area contributed by atoms with Gasteiger partial charge in [0.25, 0.3) is 0 Å². The molecule has 5 heteroatoms. The number of amides is 2. The van der Waals surface area contributed by atoms with Crippen molar-refractivity contribution < 1.29 is 14.4 Å². The molecule has 0 aromatic heterocycles. The third-order valence-electron chi connectivity index (χ3n) is 4.37. The zero-order valence-electron chi connectivity index (χ0n) is 14.1. The highest BCUT2D eigenvalue weighted by atomic mass is 16.2. The maximum Gasteiger partial charge on any atom is 0.229 e. The van der Waals surface area contributed by atoms with Gasteiger partial charge < -0.3 is 10.2 Å². The van der Waals surface area contributed by atoms with E-state index in [2.05, 4.69) is 5.32 Å². The van der Waals surface area contributed by atoms with Crippen LogP contribution >= 0.6 is 0 Å². The van der Waals surface area contributed by atoms with Gasteiger partial charge in [-0.25, -0.2) is 0 Å². The molecule has 25 heavy (non-hydrogen) atoms. The summed E-state index contributed by atoms with van der Waals surface area (Å²) in [5.41, 5.74) is 2.01. The molecular weight excluding hydrogens is 316 g/mol.